The van der Waals surface area contributed by atoms with Gasteiger partial charge in [-0.05, 0) is 51.1 Å². The standard InChI is InChI=1S/C18H20F3N3O4.ClH/c1-10(23-6-4-11(5-7-23)17(27)28)16(26)24-9-15(25)22-13-8-12(18(19,20)21)2-3-14(13)24;/h2-3,8,10-11H,4-7,9H2,1H3,(H,22,25)(H,27,28);1H. The van der Waals surface area contributed by atoms with Crippen molar-refractivity contribution in [2.45, 2.75) is 32.0 Å². The fourth-order valence-corrected chi connectivity index (χ4v) is 3.58. The van der Waals surface area contributed by atoms with E-state index < -0.39 is 41.5 Å². The van der Waals surface area contributed by atoms with Gasteiger partial charge in [-0.25, -0.2) is 0 Å². The zero-order chi connectivity index (χ0) is 20.6. The Balaban J connectivity index is 0.00000300. The Bertz CT molecular complexity index is 810. The molecule has 0 aromatic heterocycles. The molecule has 1 aromatic rings. The Morgan fingerprint density at radius 2 is 1.86 bits per heavy atom. The summed E-state index contributed by atoms with van der Waals surface area (Å²) in [6.07, 6.45) is -3.73. The zero-order valence-electron chi connectivity index (χ0n) is 15.5. The number of halogens is 4. The van der Waals surface area contributed by atoms with Gasteiger partial charge in [-0.15, -0.1) is 12.4 Å². The number of hydrogen-bond acceptors (Lipinski definition) is 4. The van der Waals surface area contributed by atoms with Gasteiger partial charge in [-0.2, -0.15) is 13.2 Å². The van der Waals surface area contributed by atoms with E-state index in [1.807, 2.05) is 4.90 Å². The van der Waals surface area contributed by atoms with E-state index in [2.05, 4.69) is 5.32 Å². The molecule has 0 spiro atoms. The van der Waals surface area contributed by atoms with Gasteiger partial charge in [0.05, 0.1) is 28.9 Å². The minimum absolute atomic E-state index is 0. The number of carboxylic acid groups (broad SMARTS) is 1. The summed E-state index contributed by atoms with van der Waals surface area (Å²) in [6.45, 7) is 2.21. The molecular formula is C18H21ClF3N3O4. The number of likely N-dealkylation sites (tertiary alicyclic amines) is 1. The van der Waals surface area contributed by atoms with E-state index in [4.69, 9.17) is 5.11 Å². The molecule has 1 unspecified atom stereocenters. The van der Waals surface area contributed by atoms with Crippen LogP contribution in [0.5, 0.6) is 0 Å². The molecule has 2 amide bonds. The number of amides is 2. The van der Waals surface area contributed by atoms with Gasteiger partial charge >= 0.3 is 12.1 Å². The molecule has 1 fully saturated rings. The number of carboxylic acids is 1. The fourth-order valence-electron chi connectivity index (χ4n) is 3.58. The van der Waals surface area contributed by atoms with Gasteiger partial charge in [0, 0.05) is 0 Å². The predicted molar refractivity (Wildman–Crippen MR) is 101 cm³/mol. The molecular weight excluding hydrogens is 415 g/mol. The highest BCUT2D eigenvalue weighted by atomic mass is 35.5. The van der Waals surface area contributed by atoms with E-state index in [0.29, 0.717) is 25.9 Å². The molecule has 2 heterocycles. The number of hydrogen-bond donors (Lipinski definition) is 2. The summed E-state index contributed by atoms with van der Waals surface area (Å²) in [4.78, 5) is 39.0. The molecule has 0 saturated carbocycles. The molecule has 0 bridgehead atoms. The van der Waals surface area contributed by atoms with Crippen molar-refractivity contribution in [2.24, 2.45) is 5.92 Å². The summed E-state index contributed by atoms with van der Waals surface area (Å²) in [7, 11) is 0. The maximum Gasteiger partial charge on any atom is 0.416 e. The lowest BCUT2D eigenvalue weighted by Gasteiger charge is -2.37. The molecule has 2 aliphatic rings. The number of fused-ring (bicyclic) bond motifs is 1. The topological polar surface area (TPSA) is 90.0 Å². The van der Waals surface area contributed by atoms with Gasteiger partial charge < -0.3 is 10.4 Å². The smallest absolute Gasteiger partial charge is 0.416 e. The second-order valence-electron chi connectivity index (χ2n) is 7.03. The lowest BCUT2D eigenvalue weighted by atomic mass is 9.96. The number of carbonyl (C=O) groups excluding carboxylic acids is 2. The molecule has 0 radical (unpaired) electrons. The number of nitrogens with zero attached hydrogens (tertiary/aromatic N) is 2. The third-order valence-electron chi connectivity index (χ3n) is 5.24. The van der Waals surface area contributed by atoms with E-state index in [1.54, 1.807) is 6.92 Å². The van der Waals surface area contributed by atoms with Crippen LogP contribution in [0, 0.1) is 5.92 Å². The zero-order valence-corrected chi connectivity index (χ0v) is 16.3. The van der Waals surface area contributed by atoms with Crippen LogP contribution in [-0.4, -0.2) is 53.5 Å². The molecule has 7 nitrogen and oxygen atoms in total. The van der Waals surface area contributed by atoms with Gasteiger partial charge in [-0.3, -0.25) is 24.2 Å². The molecule has 3 rings (SSSR count). The van der Waals surface area contributed by atoms with Crippen molar-refractivity contribution in [3.63, 3.8) is 0 Å². The Morgan fingerprint density at radius 1 is 1.24 bits per heavy atom. The summed E-state index contributed by atoms with van der Waals surface area (Å²) in [5.41, 5.74) is -0.759. The number of anilines is 2. The van der Waals surface area contributed by atoms with Gasteiger partial charge in [0.2, 0.25) is 11.8 Å². The normalized spacial score (nSPS) is 19.0. The lowest BCUT2D eigenvalue weighted by Crippen LogP contribution is -2.53. The first-order valence-corrected chi connectivity index (χ1v) is 8.87. The van der Waals surface area contributed by atoms with Crippen LogP contribution >= 0.6 is 12.4 Å². The fraction of sp³-hybridized carbons (Fsp3) is 0.500. The highest BCUT2D eigenvalue weighted by Gasteiger charge is 2.37. The van der Waals surface area contributed by atoms with E-state index in [1.165, 1.54) is 11.0 Å². The predicted octanol–water partition coefficient (Wildman–Crippen LogP) is 2.60. The van der Waals surface area contributed by atoms with Gasteiger partial charge in [-0.1, -0.05) is 0 Å². The Hall–Kier alpha value is -2.33. The third-order valence-corrected chi connectivity index (χ3v) is 5.24. The molecule has 1 aromatic carbocycles. The van der Waals surface area contributed by atoms with Gasteiger partial charge in [0.15, 0.2) is 0 Å². The van der Waals surface area contributed by atoms with Crippen LogP contribution in [0.15, 0.2) is 18.2 Å². The summed E-state index contributed by atoms with van der Waals surface area (Å²) >= 11 is 0. The molecule has 160 valence electrons. The number of alkyl halides is 3. The van der Waals surface area contributed by atoms with Crippen LogP contribution in [0.1, 0.15) is 25.3 Å². The summed E-state index contributed by atoms with van der Waals surface area (Å²) in [5, 5.41) is 11.5. The van der Waals surface area contributed by atoms with Crippen LogP contribution in [0.2, 0.25) is 0 Å². The molecule has 29 heavy (non-hydrogen) atoms. The Kier molecular flexibility index (Phi) is 6.79. The number of benzene rings is 1. The maximum absolute atomic E-state index is 13.0. The monoisotopic (exact) mass is 435 g/mol. The van der Waals surface area contributed by atoms with E-state index in [0.717, 1.165) is 12.1 Å². The average molecular weight is 436 g/mol. The average Bonchev–Trinajstić information content (AvgIpc) is 2.65. The number of aliphatic carboxylic acids is 1. The molecule has 1 saturated heterocycles. The van der Waals surface area contributed by atoms with Crippen LogP contribution in [0.25, 0.3) is 0 Å². The summed E-state index contributed by atoms with van der Waals surface area (Å²) in [6, 6.07) is 2.24. The highest BCUT2D eigenvalue weighted by molar-refractivity contribution is 6.11. The number of nitrogens with one attached hydrogen (secondary N) is 1. The minimum atomic E-state index is -4.56. The largest absolute Gasteiger partial charge is 0.481 e. The van der Waals surface area contributed by atoms with Crippen LogP contribution in [0.3, 0.4) is 0 Å². The quantitative estimate of drug-likeness (QED) is 0.761. The van der Waals surface area contributed by atoms with Crippen molar-refractivity contribution in [1.29, 1.82) is 0 Å². The van der Waals surface area contributed by atoms with Crippen molar-refractivity contribution in [1.82, 2.24) is 4.90 Å². The molecule has 1 atom stereocenters. The Morgan fingerprint density at radius 3 is 2.41 bits per heavy atom. The van der Waals surface area contributed by atoms with Gasteiger partial charge in [0.1, 0.15) is 6.54 Å². The van der Waals surface area contributed by atoms with E-state index >= 15 is 0 Å². The van der Waals surface area contributed by atoms with Crippen LogP contribution in [0.4, 0.5) is 24.5 Å². The molecule has 2 aliphatic heterocycles. The third kappa shape index (κ3) is 4.81. The van der Waals surface area contributed by atoms with Crippen molar-refractivity contribution in [2.75, 3.05) is 29.9 Å². The summed E-state index contributed by atoms with van der Waals surface area (Å²) in [5.74, 6) is -2.29. The van der Waals surface area contributed by atoms with Crippen molar-refractivity contribution < 1.29 is 32.7 Å². The van der Waals surface area contributed by atoms with Gasteiger partial charge in [0.25, 0.3) is 0 Å². The first kappa shape index (κ1) is 23.0. The lowest BCUT2D eigenvalue weighted by molar-refractivity contribution is -0.143. The van der Waals surface area contributed by atoms with Crippen molar-refractivity contribution >= 4 is 41.6 Å². The van der Waals surface area contributed by atoms with Crippen LogP contribution < -0.4 is 10.2 Å². The molecule has 11 heteroatoms. The minimum Gasteiger partial charge on any atom is -0.481 e. The van der Waals surface area contributed by atoms with Crippen molar-refractivity contribution in [3.8, 4) is 0 Å². The number of piperidine rings is 1. The summed E-state index contributed by atoms with van der Waals surface area (Å²) < 4.78 is 38.8. The number of carbonyl (C=O) groups is 3. The second-order valence-corrected chi connectivity index (χ2v) is 7.03. The molecule has 0 aliphatic carbocycles. The maximum atomic E-state index is 13.0. The Labute approximate surface area is 171 Å². The first-order valence-electron chi connectivity index (χ1n) is 8.87. The van der Waals surface area contributed by atoms with E-state index in [9.17, 15) is 27.6 Å². The second kappa shape index (κ2) is 8.58. The SMILES string of the molecule is CC(C(=O)N1CC(=O)Nc2cc(C(F)(F)F)ccc21)N1CCC(C(=O)O)CC1.Cl. The van der Waals surface area contributed by atoms with E-state index in [-0.39, 0.29) is 30.3 Å². The van der Waals surface area contributed by atoms with Crippen LogP contribution in [-0.2, 0) is 20.6 Å². The first-order chi connectivity index (χ1) is 13.1. The van der Waals surface area contributed by atoms with Crippen molar-refractivity contribution in [3.05, 3.63) is 23.8 Å². The molecule has 2 N–H and O–H groups in total. The number of rotatable bonds is 3. The highest BCUT2D eigenvalue weighted by Crippen LogP contribution is 2.37.